The Hall–Kier alpha value is -1.56. The Morgan fingerprint density at radius 2 is 2.00 bits per heavy atom. The molecule has 22 heavy (non-hydrogen) atoms. The van der Waals surface area contributed by atoms with Crippen molar-refractivity contribution < 1.29 is 19.1 Å². The number of methoxy groups -OCH3 is 1. The van der Waals surface area contributed by atoms with Crippen LogP contribution in [0, 0.1) is 0 Å². The van der Waals surface area contributed by atoms with Crippen LogP contribution in [0.2, 0.25) is 0 Å². The Bertz CT molecular complexity index is 555. The first-order valence-electron chi connectivity index (χ1n) is 7.36. The lowest BCUT2D eigenvalue weighted by atomic mass is 10.2. The van der Waals surface area contributed by atoms with Gasteiger partial charge in [0, 0.05) is 10.5 Å². The van der Waals surface area contributed by atoms with Gasteiger partial charge in [0.05, 0.1) is 12.7 Å². The van der Waals surface area contributed by atoms with Crippen LogP contribution in [0.3, 0.4) is 0 Å². The van der Waals surface area contributed by atoms with Gasteiger partial charge in [0.2, 0.25) is 0 Å². The molecule has 0 spiro atoms. The SMILES string of the molecule is COc1ccc(Br)c(C(=O)OC(C)C(=O)NC2CCCC2)c1. The van der Waals surface area contributed by atoms with Gasteiger partial charge >= 0.3 is 5.97 Å². The minimum atomic E-state index is -0.828. The van der Waals surface area contributed by atoms with E-state index in [1.54, 1.807) is 25.1 Å². The topological polar surface area (TPSA) is 64.6 Å². The molecular formula is C16H20BrNO4. The third kappa shape index (κ3) is 4.22. The van der Waals surface area contributed by atoms with Crippen LogP contribution in [0.1, 0.15) is 43.0 Å². The highest BCUT2D eigenvalue weighted by Crippen LogP contribution is 2.23. The molecule has 0 saturated heterocycles. The van der Waals surface area contributed by atoms with Crippen LogP contribution in [0.15, 0.2) is 22.7 Å². The lowest BCUT2D eigenvalue weighted by Crippen LogP contribution is -2.40. The Morgan fingerprint density at radius 3 is 2.64 bits per heavy atom. The van der Waals surface area contributed by atoms with Crippen molar-refractivity contribution >= 4 is 27.8 Å². The third-order valence-electron chi connectivity index (χ3n) is 3.75. The van der Waals surface area contributed by atoms with Crippen molar-refractivity contribution in [2.75, 3.05) is 7.11 Å². The summed E-state index contributed by atoms with van der Waals surface area (Å²) in [4.78, 5) is 24.2. The second kappa shape index (κ2) is 7.63. The van der Waals surface area contributed by atoms with Crippen LogP contribution in [-0.2, 0) is 9.53 Å². The van der Waals surface area contributed by atoms with E-state index in [0.29, 0.717) is 15.8 Å². The van der Waals surface area contributed by atoms with Gasteiger partial charge in [-0.05, 0) is 53.9 Å². The molecule has 0 aliphatic heterocycles. The number of benzene rings is 1. The van der Waals surface area contributed by atoms with Crippen LogP contribution in [0.25, 0.3) is 0 Å². The van der Waals surface area contributed by atoms with Gasteiger partial charge in [-0.15, -0.1) is 0 Å². The van der Waals surface area contributed by atoms with E-state index in [2.05, 4.69) is 21.2 Å². The Balaban J connectivity index is 1.96. The molecule has 5 nitrogen and oxygen atoms in total. The van der Waals surface area contributed by atoms with Gasteiger partial charge in [-0.3, -0.25) is 4.79 Å². The predicted molar refractivity (Wildman–Crippen MR) is 86.0 cm³/mol. The summed E-state index contributed by atoms with van der Waals surface area (Å²) in [5.74, 6) is -0.252. The number of hydrogen-bond acceptors (Lipinski definition) is 4. The molecule has 120 valence electrons. The number of carbonyl (C=O) groups excluding carboxylic acids is 2. The third-order valence-corrected chi connectivity index (χ3v) is 4.44. The summed E-state index contributed by atoms with van der Waals surface area (Å²) in [7, 11) is 1.52. The second-order valence-corrected chi connectivity index (χ2v) is 6.24. The minimum Gasteiger partial charge on any atom is -0.497 e. The van der Waals surface area contributed by atoms with Gasteiger partial charge in [-0.1, -0.05) is 12.8 Å². The first-order valence-corrected chi connectivity index (χ1v) is 8.15. The van der Waals surface area contributed by atoms with Crippen molar-refractivity contribution in [2.24, 2.45) is 0 Å². The van der Waals surface area contributed by atoms with Gasteiger partial charge in [-0.2, -0.15) is 0 Å². The lowest BCUT2D eigenvalue weighted by molar-refractivity contribution is -0.129. The molecule has 1 aromatic rings. The number of ether oxygens (including phenoxy) is 2. The molecule has 0 radical (unpaired) electrons. The lowest BCUT2D eigenvalue weighted by Gasteiger charge is -2.17. The average molecular weight is 370 g/mol. The van der Waals surface area contributed by atoms with E-state index in [4.69, 9.17) is 9.47 Å². The molecule has 1 unspecified atom stereocenters. The molecule has 1 saturated carbocycles. The van der Waals surface area contributed by atoms with E-state index in [-0.39, 0.29) is 11.9 Å². The number of carbonyl (C=O) groups is 2. The highest BCUT2D eigenvalue weighted by atomic mass is 79.9. The van der Waals surface area contributed by atoms with Crippen molar-refractivity contribution in [1.82, 2.24) is 5.32 Å². The van der Waals surface area contributed by atoms with Gasteiger partial charge in [0.25, 0.3) is 5.91 Å². The van der Waals surface area contributed by atoms with Crippen LogP contribution in [0.4, 0.5) is 0 Å². The van der Waals surface area contributed by atoms with Gasteiger partial charge in [-0.25, -0.2) is 4.79 Å². The summed E-state index contributed by atoms with van der Waals surface area (Å²) in [6, 6.07) is 5.22. The number of hydrogen-bond donors (Lipinski definition) is 1. The normalized spacial score (nSPS) is 16.1. The highest BCUT2D eigenvalue weighted by Gasteiger charge is 2.24. The van der Waals surface area contributed by atoms with Crippen molar-refractivity contribution in [3.8, 4) is 5.75 Å². The number of esters is 1. The summed E-state index contributed by atoms with van der Waals surface area (Å²) < 4.78 is 10.9. The molecule has 1 fully saturated rings. The van der Waals surface area contributed by atoms with Gasteiger partial charge in [0.15, 0.2) is 6.10 Å². The van der Waals surface area contributed by atoms with Crippen LogP contribution in [-0.4, -0.2) is 31.1 Å². The number of rotatable bonds is 5. The fraction of sp³-hybridized carbons (Fsp3) is 0.500. The Morgan fingerprint density at radius 1 is 1.32 bits per heavy atom. The van der Waals surface area contributed by atoms with E-state index in [1.165, 1.54) is 7.11 Å². The van der Waals surface area contributed by atoms with Crippen LogP contribution < -0.4 is 10.1 Å². The molecule has 6 heteroatoms. The summed E-state index contributed by atoms with van der Waals surface area (Å²) in [5, 5.41) is 2.92. The predicted octanol–water partition coefficient (Wildman–Crippen LogP) is 3.06. The van der Waals surface area contributed by atoms with Crippen LogP contribution in [0.5, 0.6) is 5.75 Å². The molecule has 0 heterocycles. The molecule has 1 aromatic carbocycles. The van der Waals surface area contributed by atoms with Crippen molar-refractivity contribution in [1.29, 1.82) is 0 Å². The summed E-state index contributed by atoms with van der Waals surface area (Å²) in [6.07, 6.45) is 3.43. The molecule has 1 aliphatic carbocycles. The Labute approximate surface area is 138 Å². The highest BCUT2D eigenvalue weighted by molar-refractivity contribution is 9.10. The number of nitrogens with one attached hydrogen (secondary N) is 1. The van der Waals surface area contributed by atoms with Gasteiger partial charge in [0.1, 0.15) is 5.75 Å². The van der Waals surface area contributed by atoms with E-state index in [9.17, 15) is 9.59 Å². The summed E-state index contributed by atoms with van der Waals surface area (Å²) in [6.45, 7) is 1.58. The molecular weight excluding hydrogens is 350 g/mol. The largest absolute Gasteiger partial charge is 0.497 e. The second-order valence-electron chi connectivity index (χ2n) is 5.38. The zero-order valence-corrected chi connectivity index (χ0v) is 14.3. The first kappa shape index (κ1) is 16.8. The van der Waals surface area contributed by atoms with Gasteiger partial charge < -0.3 is 14.8 Å². The number of halogens is 1. The molecule has 2 rings (SSSR count). The maximum absolute atomic E-state index is 12.2. The van der Waals surface area contributed by atoms with E-state index in [1.807, 2.05) is 0 Å². The smallest absolute Gasteiger partial charge is 0.340 e. The van der Waals surface area contributed by atoms with E-state index < -0.39 is 12.1 Å². The monoisotopic (exact) mass is 369 g/mol. The van der Waals surface area contributed by atoms with E-state index >= 15 is 0 Å². The van der Waals surface area contributed by atoms with E-state index in [0.717, 1.165) is 25.7 Å². The fourth-order valence-corrected chi connectivity index (χ4v) is 2.86. The molecule has 0 aromatic heterocycles. The zero-order valence-electron chi connectivity index (χ0n) is 12.7. The quantitative estimate of drug-likeness (QED) is 0.810. The molecule has 1 aliphatic rings. The van der Waals surface area contributed by atoms with Crippen molar-refractivity contribution in [3.05, 3.63) is 28.2 Å². The summed E-state index contributed by atoms with van der Waals surface area (Å²) in [5.41, 5.74) is 0.333. The van der Waals surface area contributed by atoms with Crippen molar-refractivity contribution in [2.45, 2.75) is 44.8 Å². The van der Waals surface area contributed by atoms with Crippen LogP contribution >= 0.6 is 15.9 Å². The molecule has 0 bridgehead atoms. The molecule has 1 atom stereocenters. The zero-order chi connectivity index (χ0) is 16.1. The van der Waals surface area contributed by atoms with Crippen molar-refractivity contribution in [3.63, 3.8) is 0 Å². The standard InChI is InChI=1S/C16H20BrNO4/c1-10(15(19)18-11-5-3-4-6-11)22-16(20)13-9-12(21-2)7-8-14(13)17/h7-11H,3-6H2,1-2H3,(H,18,19). The fourth-order valence-electron chi connectivity index (χ4n) is 2.45. The summed E-state index contributed by atoms with van der Waals surface area (Å²) >= 11 is 3.30. The molecule has 1 N–H and O–H groups in total. The Kier molecular flexibility index (Phi) is 5.83. The first-order chi connectivity index (χ1) is 10.5. The average Bonchev–Trinajstić information content (AvgIpc) is 3.00. The minimum absolute atomic E-state index is 0.206. The number of amides is 1. The molecule has 1 amide bonds. The maximum atomic E-state index is 12.2. The maximum Gasteiger partial charge on any atom is 0.340 e.